The fourth-order valence-electron chi connectivity index (χ4n) is 2.47. The maximum atomic E-state index is 12.0. The van der Waals surface area contributed by atoms with Crippen LogP contribution < -0.4 is 15.4 Å². The van der Waals surface area contributed by atoms with Gasteiger partial charge in [0.25, 0.3) is 0 Å². The molecule has 2 unspecified atom stereocenters. The van der Waals surface area contributed by atoms with Gasteiger partial charge in [0.15, 0.2) is 0 Å². The maximum absolute atomic E-state index is 12.0. The van der Waals surface area contributed by atoms with Crippen LogP contribution in [0.3, 0.4) is 0 Å². The lowest BCUT2D eigenvalue weighted by Gasteiger charge is -2.23. The van der Waals surface area contributed by atoms with Crippen LogP contribution in [0, 0.1) is 5.92 Å². The van der Waals surface area contributed by atoms with Gasteiger partial charge >= 0.3 is 0 Å². The molecule has 5 heteroatoms. The van der Waals surface area contributed by atoms with Crippen LogP contribution in [0.5, 0.6) is 5.75 Å². The van der Waals surface area contributed by atoms with Crippen molar-refractivity contribution in [3.8, 4) is 5.75 Å². The molecule has 0 bridgehead atoms. The highest BCUT2D eigenvalue weighted by atomic mass is 16.5. The summed E-state index contributed by atoms with van der Waals surface area (Å²) in [5, 5.41) is 16.2. The summed E-state index contributed by atoms with van der Waals surface area (Å²) in [7, 11) is 1.57. The quantitative estimate of drug-likeness (QED) is 0.746. The first-order chi connectivity index (χ1) is 9.72. The van der Waals surface area contributed by atoms with E-state index in [9.17, 15) is 9.90 Å². The van der Waals surface area contributed by atoms with Crippen LogP contribution in [0.25, 0.3) is 0 Å². The number of carbonyl (C=O) groups is 1. The van der Waals surface area contributed by atoms with Crippen molar-refractivity contribution < 1.29 is 14.6 Å². The van der Waals surface area contributed by atoms with E-state index in [-0.39, 0.29) is 18.4 Å². The molecular weight excluding hydrogens is 256 g/mol. The summed E-state index contributed by atoms with van der Waals surface area (Å²) in [5.41, 5.74) is 0.692. The number of rotatable bonds is 5. The molecule has 1 heterocycles. The zero-order chi connectivity index (χ0) is 14.4. The average Bonchev–Trinajstić information content (AvgIpc) is 2.53. The van der Waals surface area contributed by atoms with Crippen LogP contribution in [-0.2, 0) is 4.79 Å². The number of benzene rings is 1. The molecule has 110 valence electrons. The zero-order valence-corrected chi connectivity index (χ0v) is 11.8. The molecule has 0 saturated carbocycles. The van der Waals surface area contributed by atoms with E-state index in [1.807, 2.05) is 12.1 Å². The van der Waals surface area contributed by atoms with Crippen LogP contribution in [0.2, 0.25) is 0 Å². The van der Waals surface area contributed by atoms with Crippen LogP contribution >= 0.6 is 0 Å². The molecular formula is C15H22N2O3. The Morgan fingerprint density at radius 3 is 3.05 bits per heavy atom. The Bertz CT molecular complexity index is 444. The molecule has 0 aliphatic carbocycles. The SMILES string of the molecule is COc1ccccc1C(O)CNC(=O)C1CCCNC1. The van der Waals surface area contributed by atoms with Gasteiger partial charge in [-0.25, -0.2) is 0 Å². The molecule has 1 saturated heterocycles. The van der Waals surface area contributed by atoms with E-state index in [1.54, 1.807) is 19.2 Å². The predicted molar refractivity (Wildman–Crippen MR) is 76.6 cm³/mol. The number of piperidine rings is 1. The van der Waals surface area contributed by atoms with Gasteiger partial charge in [-0.1, -0.05) is 18.2 Å². The molecule has 1 fully saturated rings. The maximum Gasteiger partial charge on any atom is 0.224 e. The lowest BCUT2D eigenvalue weighted by atomic mass is 9.98. The lowest BCUT2D eigenvalue weighted by molar-refractivity contribution is -0.125. The van der Waals surface area contributed by atoms with Gasteiger partial charge in [0.1, 0.15) is 5.75 Å². The minimum Gasteiger partial charge on any atom is -0.496 e. The van der Waals surface area contributed by atoms with E-state index in [1.165, 1.54) is 0 Å². The normalized spacial score (nSPS) is 20.2. The van der Waals surface area contributed by atoms with E-state index in [2.05, 4.69) is 10.6 Å². The number of para-hydroxylation sites is 1. The van der Waals surface area contributed by atoms with Crippen molar-refractivity contribution in [2.24, 2.45) is 5.92 Å². The third-order valence-corrected chi connectivity index (χ3v) is 3.64. The highest BCUT2D eigenvalue weighted by Crippen LogP contribution is 2.24. The first-order valence-electron chi connectivity index (χ1n) is 7.01. The molecule has 1 aromatic rings. The molecule has 20 heavy (non-hydrogen) atoms. The predicted octanol–water partition coefficient (Wildman–Crippen LogP) is 0.844. The van der Waals surface area contributed by atoms with Crippen LogP contribution in [-0.4, -0.2) is 37.8 Å². The number of aliphatic hydroxyl groups excluding tert-OH is 1. The Morgan fingerprint density at radius 2 is 2.35 bits per heavy atom. The number of ether oxygens (including phenoxy) is 1. The summed E-state index contributed by atoms with van der Waals surface area (Å²) in [6.45, 7) is 1.90. The minimum absolute atomic E-state index is 0.00569. The monoisotopic (exact) mass is 278 g/mol. The second-order valence-corrected chi connectivity index (χ2v) is 5.05. The van der Waals surface area contributed by atoms with Crippen LogP contribution in [0.4, 0.5) is 0 Å². The van der Waals surface area contributed by atoms with Crippen molar-refractivity contribution in [3.05, 3.63) is 29.8 Å². The number of nitrogens with one attached hydrogen (secondary N) is 2. The first-order valence-corrected chi connectivity index (χ1v) is 7.01. The van der Waals surface area contributed by atoms with E-state index in [4.69, 9.17) is 4.74 Å². The summed E-state index contributed by atoms with van der Waals surface area (Å²) in [5.74, 6) is 0.647. The van der Waals surface area contributed by atoms with Crippen molar-refractivity contribution in [3.63, 3.8) is 0 Å². The number of aliphatic hydroxyl groups is 1. The zero-order valence-electron chi connectivity index (χ0n) is 11.8. The Balaban J connectivity index is 1.88. The smallest absolute Gasteiger partial charge is 0.224 e. The third kappa shape index (κ3) is 3.71. The molecule has 3 N–H and O–H groups in total. The minimum atomic E-state index is -0.758. The highest BCUT2D eigenvalue weighted by molar-refractivity contribution is 5.79. The standard InChI is InChI=1S/C15H22N2O3/c1-20-14-7-3-2-6-12(14)13(18)10-17-15(19)11-5-4-8-16-9-11/h2-3,6-7,11,13,16,18H,4-5,8-10H2,1H3,(H,17,19). The van der Waals surface area contributed by atoms with Crippen molar-refractivity contribution in [2.75, 3.05) is 26.7 Å². The van der Waals surface area contributed by atoms with Crippen molar-refractivity contribution in [1.29, 1.82) is 0 Å². The number of hydrogen-bond donors (Lipinski definition) is 3. The molecule has 0 spiro atoms. The fourth-order valence-corrected chi connectivity index (χ4v) is 2.47. The lowest BCUT2D eigenvalue weighted by Crippen LogP contribution is -2.41. The van der Waals surface area contributed by atoms with E-state index >= 15 is 0 Å². The summed E-state index contributed by atoms with van der Waals surface area (Å²) in [4.78, 5) is 12.0. The van der Waals surface area contributed by atoms with Gasteiger partial charge in [-0.3, -0.25) is 4.79 Å². The van der Waals surface area contributed by atoms with Gasteiger partial charge in [-0.2, -0.15) is 0 Å². The Morgan fingerprint density at radius 1 is 1.55 bits per heavy atom. The molecule has 2 rings (SSSR count). The van der Waals surface area contributed by atoms with Crippen LogP contribution in [0.15, 0.2) is 24.3 Å². The largest absolute Gasteiger partial charge is 0.496 e. The topological polar surface area (TPSA) is 70.6 Å². The summed E-state index contributed by atoms with van der Waals surface area (Å²) >= 11 is 0. The number of amides is 1. The molecule has 0 radical (unpaired) electrons. The Kier molecular flexibility index (Phi) is 5.38. The second-order valence-electron chi connectivity index (χ2n) is 5.05. The van der Waals surface area contributed by atoms with Gasteiger partial charge < -0.3 is 20.5 Å². The van der Waals surface area contributed by atoms with E-state index in [0.29, 0.717) is 11.3 Å². The molecule has 5 nitrogen and oxygen atoms in total. The number of hydrogen-bond acceptors (Lipinski definition) is 4. The van der Waals surface area contributed by atoms with Crippen molar-refractivity contribution >= 4 is 5.91 Å². The van der Waals surface area contributed by atoms with Gasteiger partial charge in [-0.05, 0) is 25.5 Å². The van der Waals surface area contributed by atoms with Crippen molar-refractivity contribution in [2.45, 2.75) is 18.9 Å². The summed E-state index contributed by atoms with van der Waals surface area (Å²) in [6, 6.07) is 7.29. The number of carbonyl (C=O) groups excluding carboxylic acids is 1. The summed E-state index contributed by atoms with van der Waals surface area (Å²) < 4.78 is 5.21. The molecule has 0 aromatic heterocycles. The summed E-state index contributed by atoms with van der Waals surface area (Å²) in [6.07, 6.45) is 1.17. The fraction of sp³-hybridized carbons (Fsp3) is 0.533. The van der Waals surface area contributed by atoms with Gasteiger partial charge in [-0.15, -0.1) is 0 Å². The third-order valence-electron chi connectivity index (χ3n) is 3.64. The van der Waals surface area contributed by atoms with Gasteiger partial charge in [0, 0.05) is 18.7 Å². The highest BCUT2D eigenvalue weighted by Gasteiger charge is 2.22. The molecule has 1 amide bonds. The van der Waals surface area contributed by atoms with E-state index < -0.39 is 6.10 Å². The molecule has 2 atom stereocenters. The number of methoxy groups -OCH3 is 1. The average molecular weight is 278 g/mol. The van der Waals surface area contributed by atoms with E-state index in [0.717, 1.165) is 25.9 Å². The molecule has 1 aromatic carbocycles. The van der Waals surface area contributed by atoms with Crippen molar-refractivity contribution in [1.82, 2.24) is 10.6 Å². The van der Waals surface area contributed by atoms with Crippen LogP contribution in [0.1, 0.15) is 24.5 Å². The Labute approximate surface area is 119 Å². The Hall–Kier alpha value is -1.59. The second kappa shape index (κ2) is 7.26. The van der Waals surface area contributed by atoms with Gasteiger partial charge in [0.2, 0.25) is 5.91 Å². The van der Waals surface area contributed by atoms with Gasteiger partial charge in [0.05, 0.1) is 19.1 Å². The molecule has 1 aliphatic heterocycles. The molecule has 1 aliphatic rings. The first kappa shape index (κ1) is 14.8.